The Morgan fingerprint density at radius 3 is 2.72 bits per heavy atom. The van der Waals surface area contributed by atoms with E-state index in [1.807, 2.05) is 32.2 Å². The highest BCUT2D eigenvalue weighted by Crippen LogP contribution is 2.24. The maximum atomic E-state index is 12.9. The Balaban J connectivity index is 1.21. The number of anilines is 1. The number of aromatic nitrogens is 3. The highest BCUT2D eigenvalue weighted by molar-refractivity contribution is 6.04. The first kappa shape index (κ1) is 23.5. The molecule has 36 heavy (non-hydrogen) atoms. The van der Waals surface area contributed by atoms with Crippen molar-refractivity contribution in [1.29, 1.82) is 0 Å². The fraction of sp³-hybridized carbons (Fsp3) is 0.259. The summed E-state index contributed by atoms with van der Waals surface area (Å²) in [6.45, 7) is 4.09. The van der Waals surface area contributed by atoms with Crippen LogP contribution in [-0.2, 0) is 26.6 Å². The van der Waals surface area contributed by atoms with Crippen molar-refractivity contribution in [3.8, 4) is 11.3 Å². The van der Waals surface area contributed by atoms with Gasteiger partial charge in [0.2, 0.25) is 0 Å². The summed E-state index contributed by atoms with van der Waals surface area (Å²) in [5.41, 5.74) is 6.55. The van der Waals surface area contributed by atoms with Crippen LogP contribution in [0.3, 0.4) is 0 Å². The monoisotopic (exact) mass is 484 g/mol. The van der Waals surface area contributed by atoms with Gasteiger partial charge in [-0.25, -0.2) is 0 Å². The van der Waals surface area contributed by atoms with Gasteiger partial charge in [-0.15, -0.1) is 0 Å². The molecule has 2 aromatic carbocycles. The molecule has 0 atom stereocenters. The standard InChI is InChI=1S/C27H28N6O3/c1-17-23(15-29-33(17)3)25-13-24(31-36-25)27(35)28-14-18-5-4-6-20(11-18)26(34)30-22-8-7-19-9-10-32(2)16-21(19)12-22/h4-8,11-13,15H,9-10,14,16H2,1-3H3,(H,28,35)(H,30,34). The largest absolute Gasteiger partial charge is 0.355 e. The zero-order valence-corrected chi connectivity index (χ0v) is 20.5. The van der Waals surface area contributed by atoms with Crippen LogP contribution in [0.5, 0.6) is 0 Å². The topological polar surface area (TPSA) is 105 Å². The number of aryl methyl sites for hydroxylation is 1. The lowest BCUT2D eigenvalue weighted by molar-refractivity contribution is 0.0941. The Bertz CT molecular complexity index is 1440. The third-order valence-electron chi connectivity index (χ3n) is 6.55. The quantitative estimate of drug-likeness (QED) is 0.434. The number of fused-ring (bicyclic) bond motifs is 1. The summed E-state index contributed by atoms with van der Waals surface area (Å²) in [4.78, 5) is 27.8. The summed E-state index contributed by atoms with van der Waals surface area (Å²) in [5, 5.41) is 13.9. The van der Waals surface area contributed by atoms with E-state index in [0.717, 1.165) is 42.0 Å². The molecule has 0 fully saturated rings. The molecule has 1 aliphatic rings. The minimum absolute atomic E-state index is 0.181. The summed E-state index contributed by atoms with van der Waals surface area (Å²) in [6.07, 6.45) is 2.70. The van der Waals surface area contributed by atoms with Crippen LogP contribution in [0.1, 0.15) is 43.2 Å². The molecular weight excluding hydrogens is 456 g/mol. The molecular formula is C27H28N6O3. The SMILES string of the molecule is Cc1c(-c2cc(C(=O)NCc3cccc(C(=O)Nc4ccc5c(c4)CN(C)CC5)c3)no2)cnn1C. The number of nitrogens with zero attached hydrogens (tertiary/aromatic N) is 4. The molecule has 0 saturated carbocycles. The van der Waals surface area contributed by atoms with E-state index in [2.05, 4.69) is 38.9 Å². The van der Waals surface area contributed by atoms with Gasteiger partial charge in [0.1, 0.15) is 0 Å². The molecule has 9 nitrogen and oxygen atoms in total. The highest BCUT2D eigenvalue weighted by Gasteiger charge is 2.17. The molecule has 0 spiro atoms. The fourth-order valence-corrected chi connectivity index (χ4v) is 4.32. The van der Waals surface area contributed by atoms with Gasteiger partial charge in [0.15, 0.2) is 11.5 Å². The van der Waals surface area contributed by atoms with E-state index in [0.29, 0.717) is 11.3 Å². The van der Waals surface area contributed by atoms with Crippen molar-refractivity contribution < 1.29 is 14.1 Å². The van der Waals surface area contributed by atoms with E-state index < -0.39 is 0 Å². The van der Waals surface area contributed by atoms with E-state index in [-0.39, 0.29) is 24.1 Å². The van der Waals surface area contributed by atoms with Gasteiger partial charge in [0.05, 0.1) is 11.8 Å². The number of hydrogen-bond donors (Lipinski definition) is 2. The number of benzene rings is 2. The molecule has 0 aliphatic carbocycles. The third-order valence-corrected chi connectivity index (χ3v) is 6.55. The van der Waals surface area contributed by atoms with Crippen LogP contribution < -0.4 is 10.6 Å². The zero-order valence-electron chi connectivity index (χ0n) is 20.5. The normalized spacial score (nSPS) is 13.3. The van der Waals surface area contributed by atoms with E-state index in [1.54, 1.807) is 35.1 Å². The fourth-order valence-electron chi connectivity index (χ4n) is 4.32. The number of hydrogen-bond acceptors (Lipinski definition) is 6. The third kappa shape index (κ3) is 4.92. The van der Waals surface area contributed by atoms with E-state index in [9.17, 15) is 9.59 Å². The molecule has 0 saturated heterocycles. The second-order valence-electron chi connectivity index (χ2n) is 9.15. The van der Waals surface area contributed by atoms with Crippen molar-refractivity contribution in [2.24, 2.45) is 7.05 Å². The van der Waals surface area contributed by atoms with Gasteiger partial charge in [0, 0.05) is 49.7 Å². The predicted octanol–water partition coefficient (Wildman–Crippen LogP) is 3.55. The summed E-state index contributed by atoms with van der Waals surface area (Å²) in [5.74, 6) is -0.0704. The molecule has 4 aromatic rings. The number of amides is 2. The van der Waals surface area contributed by atoms with Crippen LogP contribution in [-0.4, -0.2) is 45.2 Å². The van der Waals surface area contributed by atoms with E-state index in [4.69, 9.17) is 4.52 Å². The van der Waals surface area contributed by atoms with Crippen LogP contribution in [0.25, 0.3) is 11.3 Å². The molecule has 2 N–H and O–H groups in total. The average molecular weight is 485 g/mol. The lowest BCUT2D eigenvalue weighted by Crippen LogP contribution is -2.26. The Kier molecular flexibility index (Phi) is 6.39. The van der Waals surface area contributed by atoms with Gasteiger partial charge in [0.25, 0.3) is 11.8 Å². The van der Waals surface area contributed by atoms with Crippen molar-refractivity contribution in [3.63, 3.8) is 0 Å². The first-order valence-electron chi connectivity index (χ1n) is 11.8. The predicted molar refractivity (Wildman–Crippen MR) is 135 cm³/mol. The van der Waals surface area contributed by atoms with E-state index in [1.165, 1.54) is 11.1 Å². The summed E-state index contributed by atoms with van der Waals surface area (Å²) in [7, 11) is 3.94. The number of likely N-dealkylation sites (N-methyl/N-ethyl adjacent to an activating group) is 1. The molecule has 2 amide bonds. The molecule has 184 valence electrons. The van der Waals surface area contributed by atoms with Gasteiger partial charge >= 0.3 is 0 Å². The minimum atomic E-state index is -0.361. The second kappa shape index (κ2) is 9.79. The minimum Gasteiger partial charge on any atom is -0.355 e. The summed E-state index contributed by atoms with van der Waals surface area (Å²) < 4.78 is 7.07. The Labute approximate surface area is 209 Å². The highest BCUT2D eigenvalue weighted by atomic mass is 16.5. The number of carbonyl (C=O) groups excluding carboxylic acids is 2. The molecule has 9 heteroatoms. The van der Waals surface area contributed by atoms with Crippen LogP contribution >= 0.6 is 0 Å². The lowest BCUT2D eigenvalue weighted by Gasteiger charge is -2.25. The molecule has 5 rings (SSSR count). The van der Waals surface area contributed by atoms with Crippen molar-refractivity contribution in [3.05, 3.63) is 88.4 Å². The van der Waals surface area contributed by atoms with Crippen molar-refractivity contribution >= 4 is 17.5 Å². The number of carbonyl (C=O) groups is 2. The molecule has 2 aromatic heterocycles. The van der Waals surface area contributed by atoms with Crippen molar-refractivity contribution in [2.75, 3.05) is 18.9 Å². The number of rotatable bonds is 6. The van der Waals surface area contributed by atoms with E-state index >= 15 is 0 Å². The summed E-state index contributed by atoms with van der Waals surface area (Å²) >= 11 is 0. The molecule has 3 heterocycles. The lowest BCUT2D eigenvalue weighted by atomic mass is 9.99. The van der Waals surface area contributed by atoms with Gasteiger partial charge in [-0.1, -0.05) is 23.4 Å². The Morgan fingerprint density at radius 2 is 1.92 bits per heavy atom. The van der Waals surface area contributed by atoms with Gasteiger partial charge in [-0.2, -0.15) is 5.10 Å². The average Bonchev–Trinajstić information content (AvgIpc) is 3.49. The van der Waals surface area contributed by atoms with Crippen molar-refractivity contribution in [1.82, 2.24) is 25.2 Å². The van der Waals surface area contributed by atoms with Crippen LogP contribution in [0, 0.1) is 6.92 Å². The van der Waals surface area contributed by atoms with Gasteiger partial charge in [-0.3, -0.25) is 14.3 Å². The summed E-state index contributed by atoms with van der Waals surface area (Å²) in [6, 6.07) is 14.9. The van der Waals surface area contributed by atoms with Gasteiger partial charge < -0.3 is 20.1 Å². The van der Waals surface area contributed by atoms with Crippen LogP contribution in [0.2, 0.25) is 0 Å². The smallest absolute Gasteiger partial charge is 0.273 e. The maximum Gasteiger partial charge on any atom is 0.273 e. The van der Waals surface area contributed by atoms with Crippen LogP contribution in [0.15, 0.2) is 59.3 Å². The second-order valence-corrected chi connectivity index (χ2v) is 9.15. The molecule has 1 aliphatic heterocycles. The first-order chi connectivity index (χ1) is 17.4. The molecule has 0 radical (unpaired) electrons. The Morgan fingerprint density at radius 1 is 1.06 bits per heavy atom. The molecule has 0 unspecified atom stereocenters. The van der Waals surface area contributed by atoms with Crippen LogP contribution in [0.4, 0.5) is 5.69 Å². The maximum absolute atomic E-state index is 12.9. The first-order valence-corrected chi connectivity index (χ1v) is 11.8. The number of nitrogens with one attached hydrogen (secondary N) is 2. The Hall–Kier alpha value is -4.24. The van der Waals surface area contributed by atoms with Gasteiger partial charge in [-0.05, 0) is 61.3 Å². The zero-order chi connectivity index (χ0) is 25.2. The van der Waals surface area contributed by atoms with Crippen molar-refractivity contribution in [2.45, 2.75) is 26.4 Å². The molecule has 0 bridgehead atoms.